The van der Waals surface area contributed by atoms with Gasteiger partial charge < -0.3 is 62.2 Å². The van der Waals surface area contributed by atoms with E-state index in [2.05, 4.69) is 12.2 Å². The van der Waals surface area contributed by atoms with Gasteiger partial charge in [0.15, 0.2) is 5.78 Å². The molecule has 0 unspecified atom stereocenters. The minimum atomic E-state index is -0.285. The summed E-state index contributed by atoms with van der Waals surface area (Å²) in [4.78, 5) is 22.2. The van der Waals surface area contributed by atoms with E-state index in [0.29, 0.717) is 145 Å². The lowest BCUT2D eigenvalue weighted by molar-refractivity contribution is -0.129. The summed E-state index contributed by atoms with van der Waals surface area (Å²) in [6, 6.07) is 0. The number of unbranched alkanes of at least 4 members (excludes halogenated alkanes) is 1. The normalized spacial score (nSPS) is 11.3. The second-order valence-electron chi connectivity index (χ2n) is 9.63. The molecule has 0 aromatic carbocycles. The second-order valence-corrected chi connectivity index (χ2v) is 9.63. The molecule has 0 aliphatic heterocycles. The van der Waals surface area contributed by atoms with Crippen molar-refractivity contribution in [3.63, 3.8) is 0 Å². The van der Waals surface area contributed by atoms with Crippen molar-refractivity contribution in [1.82, 2.24) is 5.32 Å². The highest BCUT2D eigenvalue weighted by Gasteiger charge is 2.02. The fraction of sp³-hybridized carbons (Fsp3) is 0.935. The number of ether oxygens (including phenoxy) is 12. The van der Waals surface area contributed by atoms with Crippen LogP contribution in [0.25, 0.3) is 0 Å². The van der Waals surface area contributed by atoms with Crippen LogP contribution >= 0.6 is 0 Å². The van der Waals surface area contributed by atoms with Gasteiger partial charge in [-0.15, -0.1) is 0 Å². The topological polar surface area (TPSA) is 157 Å². The molecule has 1 N–H and O–H groups in total. The summed E-state index contributed by atoms with van der Waals surface area (Å²) in [6.45, 7) is 15.0. The molecule has 0 bridgehead atoms. The van der Waals surface area contributed by atoms with Gasteiger partial charge >= 0.3 is 0 Å². The van der Waals surface area contributed by atoms with Crippen LogP contribution in [0, 0.1) is 0 Å². The number of Topliss-reactive ketones (excluding diaryl/α,β-unsaturated/α-hetero) is 1. The van der Waals surface area contributed by atoms with Crippen LogP contribution in [0.1, 0.15) is 26.7 Å². The number of hydrogen-bond acceptors (Lipinski definition) is 14. The van der Waals surface area contributed by atoms with Crippen LogP contribution in [0.5, 0.6) is 0 Å². The van der Waals surface area contributed by atoms with Gasteiger partial charge in [-0.25, -0.2) is 0 Å². The maximum absolute atomic E-state index is 11.4. The predicted octanol–water partition coefficient (Wildman–Crippen LogP) is 0.691. The standard InChI is InChI=1S/C31H61NO14/c1-3-4-6-35-8-10-37-12-14-39-16-18-41-20-22-43-24-26-45-27-25-44-23-21-42-19-17-40-15-13-38-11-9-36-7-5-32-31(34)29-46-28-30(2)33/h3-29H2,1-2H3,(H,32,34). The summed E-state index contributed by atoms with van der Waals surface area (Å²) in [5.41, 5.74) is 0. The van der Waals surface area contributed by atoms with Gasteiger partial charge in [-0.05, 0) is 13.3 Å². The zero-order chi connectivity index (χ0) is 33.4. The van der Waals surface area contributed by atoms with Gasteiger partial charge in [-0.3, -0.25) is 9.59 Å². The van der Waals surface area contributed by atoms with Gasteiger partial charge in [0.25, 0.3) is 0 Å². The molecule has 0 aromatic heterocycles. The minimum absolute atomic E-state index is 0.0630. The van der Waals surface area contributed by atoms with Crippen molar-refractivity contribution in [3.8, 4) is 0 Å². The predicted molar refractivity (Wildman–Crippen MR) is 168 cm³/mol. The van der Waals surface area contributed by atoms with E-state index in [-0.39, 0.29) is 24.9 Å². The first-order valence-electron chi connectivity index (χ1n) is 16.4. The molecule has 1 amide bonds. The number of amides is 1. The second kappa shape index (κ2) is 39.8. The molecule has 15 heteroatoms. The van der Waals surface area contributed by atoms with Gasteiger partial charge in [0.2, 0.25) is 5.91 Å². The lowest BCUT2D eigenvalue weighted by Gasteiger charge is -2.09. The summed E-state index contributed by atoms with van der Waals surface area (Å²) < 4.78 is 64.8. The molecular formula is C31H61NO14. The van der Waals surface area contributed by atoms with Gasteiger partial charge in [0, 0.05) is 13.2 Å². The van der Waals surface area contributed by atoms with Crippen LogP contribution in [0.3, 0.4) is 0 Å². The SMILES string of the molecule is CCCCOCCOCCOCCOCCOCCOCCOCCOCCOCCOCCOCCNC(=O)COCC(C)=O. The first-order chi connectivity index (χ1) is 22.7. The fourth-order valence-corrected chi connectivity index (χ4v) is 3.15. The third-order valence-corrected chi connectivity index (χ3v) is 5.47. The molecule has 274 valence electrons. The Morgan fingerprint density at radius 2 is 0.674 bits per heavy atom. The zero-order valence-corrected chi connectivity index (χ0v) is 28.3. The third kappa shape index (κ3) is 40.7. The molecule has 0 aliphatic carbocycles. The Balaban J connectivity index is 3.08. The third-order valence-electron chi connectivity index (χ3n) is 5.47. The quantitative estimate of drug-likeness (QED) is 0.0908. The number of rotatable bonds is 40. The molecule has 0 aliphatic rings. The molecule has 0 aromatic rings. The molecule has 0 saturated heterocycles. The van der Waals surface area contributed by atoms with Crippen LogP contribution in [0.15, 0.2) is 0 Å². The molecular weight excluding hydrogens is 610 g/mol. The van der Waals surface area contributed by atoms with Crippen LogP contribution in [0.4, 0.5) is 0 Å². The number of hydrogen-bond donors (Lipinski definition) is 1. The molecule has 0 spiro atoms. The Bertz CT molecular complexity index is 632. The first kappa shape index (κ1) is 44.7. The van der Waals surface area contributed by atoms with Crippen LogP contribution in [-0.2, 0) is 66.4 Å². The highest BCUT2D eigenvalue weighted by Crippen LogP contribution is 1.89. The van der Waals surface area contributed by atoms with E-state index >= 15 is 0 Å². The molecule has 0 saturated carbocycles. The Labute approximate surface area is 275 Å². The van der Waals surface area contributed by atoms with E-state index in [4.69, 9.17) is 56.8 Å². The van der Waals surface area contributed by atoms with Crippen molar-refractivity contribution < 1.29 is 66.4 Å². The van der Waals surface area contributed by atoms with Crippen LogP contribution in [0.2, 0.25) is 0 Å². The number of carbonyl (C=O) groups is 2. The summed E-state index contributed by atoms with van der Waals surface area (Å²) in [5, 5.41) is 2.63. The van der Waals surface area contributed by atoms with Gasteiger partial charge in [0.05, 0.1) is 139 Å². The van der Waals surface area contributed by atoms with Crippen molar-refractivity contribution in [2.45, 2.75) is 26.7 Å². The fourth-order valence-electron chi connectivity index (χ4n) is 3.15. The summed E-state index contributed by atoms with van der Waals surface area (Å²) in [5.74, 6) is -0.408. The van der Waals surface area contributed by atoms with Gasteiger partial charge in [-0.1, -0.05) is 13.3 Å². The van der Waals surface area contributed by atoms with E-state index in [1.165, 1.54) is 6.92 Å². The van der Waals surface area contributed by atoms with Gasteiger partial charge in [-0.2, -0.15) is 0 Å². The average Bonchev–Trinajstić information content (AvgIpc) is 3.04. The molecule has 0 fully saturated rings. The lowest BCUT2D eigenvalue weighted by atomic mass is 10.4. The zero-order valence-electron chi connectivity index (χ0n) is 28.3. The highest BCUT2D eigenvalue weighted by atomic mass is 16.6. The Hall–Kier alpha value is -1.34. The van der Waals surface area contributed by atoms with Crippen molar-refractivity contribution >= 4 is 11.7 Å². The molecule has 0 heterocycles. The average molecular weight is 672 g/mol. The summed E-state index contributed by atoms with van der Waals surface area (Å²) in [7, 11) is 0. The smallest absolute Gasteiger partial charge is 0.246 e. The van der Waals surface area contributed by atoms with Crippen LogP contribution in [-0.4, -0.2) is 177 Å². The Morgan fingerprint density at radius 1 is 0.391 bits per heavy atom. The van der Waals surface area contributed by atoms with E-state index in [1.807, 2.05) is 0 Å². The Morgan fingerprint density at radius 3 is 0.957 bits per heavy atom. The van der Waals surface area contributed by atoms with E-state index in [0.717, 1.165) is 19.4 Å². The maximum atomic E-state index is 11.4. The van der Waals surface area contributed by atoms with Crippen LogP contribution < -0.4 is 5.32 Å². The van der Waals surface area contributed by atoms with E-state index in [1.54, 1.807) is 0 Å². The highest BCUT2D eigenvalue weighted by molar-refractivity contribution is 5.79. The number of carbonyl (C=O) groups excluding carboxylic acids is 2. The lowest BCUT2D eigenvalue weighted by Crippen LogP contribution is -2.31. The molecule has 0 atom stereocenters. The van der Waals surface area contributed by atoms with Crippen molar-refractivity contribution in [2.24, 2.45) is 0 Å². The minimum Gasteiger partial charge on any atom is -0.379 e. The van der Waals surface area contributed by atoms with E-state index < -0.39 is 0 Å². The molecule has 15 nitrogen and oxygen atoms in total. The summed E-state index contributed by atoms with van der Waals surface area (Å²) >= 11 is 0. The molecule has 0 rings (SSSR count). The monoisotopic (exact) mass is 671 g/mol. The largest absolute Gasteiger partial charge is 0.379 e. The molecule has 0 radical (unpaired) electrons. The molecule has 46 heavy (non-hydrogen) atoms. The number of nitrogens with one attached hydrogen (secondary N) is 1. The van der Waals surface area contributed by atoms with Crippen molar-refractivity contribution in [2.75, 3.05) is 165 Å². The van der Waals surface area contributed by atoms with Crippen molar-refractivity contribution in [1.29, 1.82) is 0 Å². The van der Waals surface area contributed by atoms with Crippen molar-refractivity contribution in [3.05, 3.63) is 0 Å². The van der Waals surface area contributed by atoms with Gasteiger partial charge in [0.1, 0.15) is 13.2 Å². The van der Waals surface area contributed by atoms with E-state index in [9.17, 15) is 9.59 Å². The number of ketones is 1. The maximum Gasteiger partial charge on any atom is 0.246 e. The Kier molecular flexibility index (Phi) is 38.7. The summed E-state index contributed by atoms with van der Waals surface area (Å²) in [6.07, 6.45) is 2.23. The first-order valence-corrected chi connectivity index (χ1v) is 16.4.